The van der Waals surface area contributed by atoms with Crippen molar-refractivity contribution in [2.24, 2.45) is 0 Å². The summed E-state index contributed by atoms with van der Waals surface area (Å²) in [5, 5.41) is 0.693. The lowest BCUT2D eigenvalue weighted by molar-refractivity contribution is 0.101. The minimum atomic E-state index is -0.330. The smallest absolute Gasteiger partial charge is 0.211 e. The SMILES string of the molecule is CC(=O)c1c(N)[nH]c(C(=O)c2ccc(Cl)cc2Cl)c1C. The van der Waals surface area contributed by atoms with E-state index in [1.54, 1.807) is 13.0 Å². The quantitative estimate of drug-likeness (QED) is 0.850. The maximum absolute atomic E-state index is 12.5. The number of ketones is 2. The predicted molar refractivity (Wildman–Crippen MR) is 79.8 cm³/mol. The monoisotopic (exact) mass is 310 g/mol. The van der Waals surface area contributed by atoms with E-state index < -0.39 is 0 Å². The number of H-pyrrole nitrogens is 1. The molecule has 3 N–H and O–H groups in total. The van der Waals surface area contributed by atoms with Crippen LogP contribution in [0.25, 0.3) is 0 Å². The second kappa shape index (κ2) is 5.31. The molecule has 0 atom stereocenters. The van der Waals surface area contributed by atoms with Crippen molar-refractivity contribution in [1.29, 1.82) is 0 Å². The van der Waals surface area contributed by atoms with Crippen molar-refractivity contribution in [3.8, 4) is 0 Å². The van der Waals surface area contributed by atoms with Gasteiger partial charge < -0.3 is 10.7 Å². The van der Waals surface area contributed by atoms with Gasteiger partial charge >= 0.3 is 0 Å². The molecule has 20 heavy (non-hydrogen) atoms. The van der Waals surface area contributed by atoms with Crippen molar-refractivity contribution >= 4 is 40.6 Å². The molecule has 0 aliphatic rings. The lowest BCUT2D eigenvalue weighted by Crippen LogP contribution is -2.05. The number of carbonyl (C=O) groups excluding carboxylic acids is 2. The van der Waals surface area contributed by atoms with Gasteiger partial charge in [-0.1, -0.05) is 23.2 Å². The van der Waals surface area contributed by atoms with Gasteiger partial charge in [-0.05, 0) is 37.6 Å². The number of carbonyl (C=O) groups is 2. The number of aromatic amines is 1. The molecule has 2 rings (SSSR count). The highest BCUT2D eigenvalue weighted by Crippen LogP contribution is 2.27. The van der Waals surface area contributed by atoms with Crippen molar-refractivity contribution in [3.63, 3.8) is 0 Å². The number of nitrogens with one attached hydrogen (secondary N) is 1. The second-order valence-electron chi connectivity index (χ2n) is 4.42. The Hall–Kier alpha value is -1.78. The zero-order valence-electron chi connectivity index (χ0n) is 10.9. The lowest BCUT2D eigenvalue weighted by Gasteiger charge is -2.04. The van der Waals surface area contributed by atoms with Crippen LogP contribution >= 0.6 is 23.2 Å². The van der Waals surface area contributed by atoms with Crippen LogP contribution in [0.1, 0.15) is 38.9 Å². The van der Waals surface area contributed by atoms with E-state index in [4.69, 9.17) is 28.9 Å². The van der Waals surface area contributed by atoms with Gasteiger partial charge in [0.2, 0.25) is 5.78 Å². The molecule has 0 fully saturated rings. The number of rotatable bonds is 3. The summed E-state index contributed by atoms with van der Waals surface area (Å²) in [6.45, 7) is 3.07. The normalized spacial score (nSPS) is 10.6. The third-order valence-corrected chi connectivity index (χ3v) is 3.58. The van der Waals surface area contributed by atoms with Gasteiger partial charge in [0.25, 0.3) is 0 Å². The first kappa shape index (κ1) is 14.6. The first-order chi connectivity index (χ1) is 9.32. The summed E-state index contributed by atoms with van der Waals surface area (Å²) >= 11 is 11.8. The molecule has 2 aromatic rings. The first-order valence-corrected chi connectivity index (χ1v) is 6.57. The first-order valence-electron chi connectivity index (χ1n) is 5.81. The van der Waals surface area contributed by atoms with Gasteiger partial charge in [0.05, 0.1) is 16.3 Å². The van der Waals surface area contributed by atoms with E-state index in [0.29, 0.717) is 21.7 Å². The number of hydrogen-bond donors (Lipinski definition) is 2. The zero-order valence-corrected chi connectivity index (χ0v) is 12.4. The number of benzene rings is 1. The summed E-state index contributed by atoms with van der Waals surface area (Å²) in [4.78, 5) is 26.7. The molecule has 1 aromatic heterocycles. The Labute approximate surface area is 125 Å². The molecule has 0 spiro atoms. The number of aromatic nitrogens is 1. The summed E-state index contributed by atoms with van der Waals surface area (Å²) in [6, 6.07) is 4.61. The maximum Gasteiger partial charge on any atom is 0.211 e. The molecule has 1 aromatic carbocycles. The molecular weight excluding hydrogens is 299 g/mol. The molecular formula is C14H12Cl2N2O2. The molecule has 1 heterocycles. The minimum absolute atomic E-state index is 0.184. The van der Waals surface area contributed by atoms with Crippen LogP contribution in [0, 0.1) is 6.92 Å². The van der Waals surface area contributed by atoms with Gasteiger partial charge in [0, 0.05) is 10.6 Å². The summed E-state index contributed by atoms with van der Waals surface area (Å²) in [5.74, 6) is -0.343. The Morgan fingerprint density at radius 1 is 1.25 bits per heavy atom. The molecule has 0 aliphatic heterocycles. The van der Waals surface area contributed by atoms with Crippen LogP contribution in [-0.4, -0.2) is 16.6 Å². The molecule has 0 bridgehead atoms. The van der Waals surface area contributed by atoms with E-state index in [9.17, 15) is 9.59 Å². The molecule has 0 radical (unpaired) electrons. The highest BCUT2D eigenvalue weighted by molar-refractivity contribution is 6.37. The van der Waals surface area contributed by atoms with Crippen LogP contribution in [0.3, 0.4) is 0 Å². The summed E-state index contributed by atoms with van der Waals surface area (Å²) in [5.41, 5.74) is 7.15. The van der Waals surface area contributed by atoms with Crippen molar-refractivity contribution in [2.45, 2.75) is 13.8 Å². The van der Waals surface area contributed by atoms with E-state index in [1.165, 1.54) is 19.1 Å². The summed E-state index contributed by atoms with van der Waals surface area (Å²) in [7, 11) is 0. The van der Waals surface area contributed by atoms with Crippen LogP contribution in [0.15, 0.2) is 18.2 Å². The number of halogens is 2. The Bertz CT molecular complexity index is 720. The number of nitrogen functional groups attached to an aromatic ring is 1. The Kier molecular flexibility index (Phi) is 3.88. The summed E-state index contributed by atoms with van der Waals surface area (Å²) in [6.07, 6.45) is 0. The second-order valence-corrected chi connectivity index (χ2v) is 5.27. The Balaban J connectivity index is 2.54. The number of Topliss-reactive ketones (excluding diaryl/α,β-unsaturated/α-hetero) is 1. The van der Waals surface area contributed by atoms with Gasteiger partial charge in [-0.15, -0.1) is 0 Å². The Morgan fingerprint density at radius 3 is 2.40 bits per heavy atom. The van der Waals surface area contributed by atoms with Crippen molar-refractivity contribution < 1.29 is 9.59 Å². The topological polar surface area (TPSA) is 76.0 Å². The van der Waals surface area contributed by atoms with Crippen molar-refractivity contribution in [3.05, 3.63) is 50.6 Å². The highest BCUT2D eigenvalue weighted by Gasteiger charge is 2.22. The largest absolute Gasteiger partial charge is 0.385 e. The van der Waals surface area contributed by atoms with E-state index in [0.717, 1.165) is 0 Å². The van der Waals surface area contributed by atoms with Gasteiger partial charge in [0.15, 0.2) is 5.78 Å². The third-order valence-electron chi connectivity index (χ3n) is 3.03. The van der Waals surface area contributed by atoms with E-state index in [2.05, 4.69) is 4.98 Å². The zero-order chi connectivity index (χ0) is 15.0. The van der Waals surface area contributed by atoms with E-state index >= 15 is 0 Å². The average Bonchev–Trinajstić information content (AvgIpc) is 2.64. The van der Waals surface area contributed by atoms with Crippen LogP contribution in [0.5, 0.6) is 0 Å². The predicted octanol–water partition coefficient (Wildman–Crippen LogP) is 3.65. The molecule has 0 saturated carbocycles. The van der Waals surface area contributed by atoms with E-state index in [-0.39, 0.29) is 28.1 Å². The fourth-order valence-electron chi connectivity index (χ4n) is 2.11. The lowest BCUT2D eigenvalue weighted by atomic mass is 10.0. The van der Waals surface area contributed by atoms with Gasteiger partial charge in [-0.3, -0.25) is 9.59 Å². The fraction of sp³-hybridized carbons (Fsp3) is 0.143. The summed E-state index contributed by atoms with van der Waals surface area (Å²) < 4.78 is 0. The molecule has 6 heteroatoms. The van der Waals surface area contributed by atoms with Gasteiger partial charge in [0.1, 0.15) is 5.82 Å². The molecule has 104 valence electrons. The van der Waals surface area contributed by atoms with Gasteiger partial charge in [-0.25, -0.2) is 0 Å². The molecule has 0 aliphatic carbocycles. The van der Waals surface area contributed by atoms with Crippen molar-refractivity contribution in [1.82, 2.24) is 4.98 Å². The number of nitrogens with two attached hydrogens (primary N) is 1. The van der Waals surface area contributed by atoms with Crippen LogP contribution in [0.2, 0.25) is 10.0 Å². The van der Waals surface area contributed by atoms with Crippen LogP contribution in [0.4, 0.5) is 5.82 Å². The molecule has 4 nitrogen and oxygen atoms in total. The average molecular weight is 311 g/mol. The molecule has 0 unspecified atom stereocenters. The number of anilines is 1. The van der Waals surface area contributed by atoms with Crippen molar-refractivity contribution in [2.75, 3.05) is 5.73 Å². The standard InChI is InChI=1S/C14H12Cl2N2O2/c1-6-11(7(2)19)14(17)18-12(6)13(20)9-4-3-8(15)5-10(9)16/h3-5,18H,17H2,1-2H3. The number of hydrogen-bond acceptors (Lipinski definition) is 3. The van der Waals surface area contributed by atoms with E-state index in [1.807, 2.05) is 0 Å². The third kappa shape index (κ3) is 2.44. The molecule has 0 saturated heterocycles. The van der Waals surface area contributed by atoms with Crippen LogP contribution in [-0.2, 0) is 0 Å². The highest BCUT2D eigenvalue weighted by atomic mass is 35.5. The maximum atomic E-state index is 12.5. The Morgan fingerprint density at radius 2 is 1.90 bits per heavy atom. The minimum Gasteiger partial charge on any atom is -0.385 e. The van der Waals surface area contributed by atoms with Crippen LogP contribution < -0.4 is 5.73 Å². The van der Waals surface area contributed by atoms with Gasteiger partial charge in [-0.2, -0.15) is 0 Å². The molecule has 0 amide bonds. The fourth-order valence-corrected chi connectivity index (χ4v) is 2.60.